The number of halogens is 1. The van der Waals surface area contributed by atoms with Crippen LogP contribution in [0.3, 0.4) is 0 Å². The molecule has 2 unspecified atom stereocenters. The van der Waals surface area contributed by atoms with E-state index >= 15 is 0 Å². The minimum atomic E-state index is 0.116. The number of nitrogens with two attached hydrogens (primary N) is 1. The topological polar surface area (TPSA) is 47.1 Å². The molecule has 2 rings (SSSR count). The van der Waals surface area contributed by atoms with Crippen LogP contribution in [0.2, 0.25) is 0 Å². The Morgan fingerprint density at radius 2 is 2.25 bits per heavy atom. The first-order valence-corrected chi connectivity index (χ1v) is 8.31. The molecule has 0 saturated carbocycles. The van der Waals surface area contributed by atoms with Crippen molar-refractivity contribution < 1.29 is 0 Å². The van der Waals surface area contributed by atoms with Crippen LogP contribution in [0.4, 0.5) is 0 Å². The van der Waals surface area contributed by atoms with Crippen molar-refractivity contribution in [3.8, 4) is 0 Å². The smallest absolute Gasteiger partial charge is 0.122 e. The summed E-state index contributed by atoms with van der Waals surface area (Å²) in [5.74, 6) is 1.05. The summed E-state index contributed by atoms with van der Waals surface area (Å²) in [7, 11) is 4.13. The molecule has 6 heteroatoms. The molecule has 2 aromatic rings. The van der Waals surface area contributed by atoms with Crippen molar-refractivity contribution in [2.45, 2.75) is 32.0 Å². The number of hydrogen-bond donors (Lipinski definition) is 1. The predicted octanol–water partition coefficient (Wildman–Crippen LogP) is 3.15. The lowest BCUT2D eigenvalue weighted by Crippen LogP contribution is -2.38. The van der Waals surface area contributed by atoms with Gasteiger partial charge in [0.15, 0.2) is 0 Å². The second-order valence-electron chi connectivity index (χ2n) is 5.03. The van der Waals surface area contributed by atoms with Crippen LogP contribution in [-0.2, 0) is 13.6 Å². The maximum atomic E-state index is 6.35. The second-order valence-corrected chi connectivity index (χ2v) is 7.52. The average Bonchev–Trinajstić information content (AvgIpc) is 2.99. The van der Waals surface area contributed by atoms with Crippen molar-refractivity contribution in [2.24, 2.45) is 12.8 Å². The van der Waals surface area contributed by atoms with Crippen LogP contribution in [0.5, 0.6) is 0 Å². The Kier molecular flexibility index (Phi) is 5.37. The Balaban J connectivity index is 2.20. The normalized spacial score (nSPS) is 14.7. The summed E-state index contributed by atoms with van der Waals surface area (Å²) >= 11 is 5.29. The number of aryl methyl sites for hydroxylation is 1. The Morgan fingerprint density at radius 3 is 2.75 bits per heavy atom. The summed E-state index contributed by atoms with van der Waals surface area (Å²) in [6.07, 6.45) is 4.75. The minimum Gasteiger partial charge on any atom is -0.337 e. The fourth-order valence-electron chi connectivity index (χ4n) is 2.34. The molecule has 20 heavy (non-hydrogen) atoms. The highest BCUT2D eigenvalue weighted by Gasteiger charge is 2.25. The molecule has 2 N–H and O–H groups in total. The lowest BCUT2D eigenvalue weighted by Gasteiger charge is -2.31. The first-order valence-electron chi connectivity index (χ1n) is 6.70. The Hall–Kier alpha value is -0.690. The summed E-state index contributed by atoms with van der Waals surface area (Å²) in [5.41, 5.74) is 6.35. The first kappa shape index (κ1) is 15.7. The molecule has 0 radical (unpaired) electrons. The van der Waals surface area contributed by atoms with Crippen LogP contribution >= 0.6 is 27.3 Å². The molecule has 0 fully saturated rings. The molecule has 110 valence electrons. The van der Waals surface area contributed by atoms with Gasteiger partial charge in [0.1, 0.15) is 5.82 Å². The number of thiophene rings is 1. The van der Waals surface area contributed by atoms with Crippen LogP contribution in [0.1, 0.15) is 30.1 Å². The predicted molar refractivity (Wildman–Crippen MR) is 87.7 cm³/mol. The van der Waals surface area contributed by atoms with E-state index in [9.17, 15) is 0 Å². The highest BCUT2D eigenvalue weighted by atomic mass is 79.9. The van der Waals surface area contributed by atoms with E-state index in [-0.39, 0.29) is 12.1 Å². The molecule has 0 spiro atoms. The van der Waals surface area contributed by atoms with Gasteiger partial charge in [-0.15, -0.1) is 11.3 Å². The highest BCUT2D eigenvalue weighted by Crippen LogP contribution is 2.33. The quantitative estimate of drug-likeness (QED) is 0.864. The van der Waals surface area contributed by atoms with E-state index in [0.29, 0.717) is 0 Å². The van der Waals surface area contributed by atoms with Gasteiger partial charge in [-0.1, -0.05) is 6.92 Å². The van der Waals surface area contributed by atoms with E-state index < -0.39 is 0 Å². The molecule has 2 aromatic heterocycles. The fourth-order valence-corrected chi connectivity index (χ4v) is 4.00. The third kappa shape index (κ3) is 3.49. The highest BCUT2D eigenvalue weighted by molar-refractivity contribution is 9.11. The number of likely N-dealkylation sites (N-methyl/N-ethyl adjacent to an activating group) is 1. The Morgan fingerprint density at radius 1 is 1.50 bits per heavy atom. The maximum absolute atomic E-state index is 6.35. The van der Waals surface area contributed by atoms with E-state index in [4.69, 9.17) is 5.73 Å². The molecule has 0 aliphatic heterocycles. The van der Waals surface area contributed by atoms with E-state index in [2.05, 4.69) is 56.5 Å². The SMILES string of the molecule is CCC(N)C(c1ccc(Br)s1)N(C)Cc1nccn1C. The monoisotopic (exact) mass is 356 g/mol. The van der Waals surface area contributed by atoms with Crippen molar-refractivity contribution in [3.63, 3.8) is 0 Å². The summed E-state index contributed by atoms with van der Waals surface area (Å²) in [5, 5.41) is 0. The molecule has 0 bridgehead atoms. The van der Waals surface area contributed by atoms with Crippen molar-refractivity contribution in [1.82, 2.24) is 14.5 Å². The van der Waals surface area contributed by atoms with Gasteiger partial charge in [-0.2, -0.15) is 0 Å². The van der Waals surface area contributed by atoms with Crippen LogP contribution < -0.4 is 5.73 Å². The molecule has 0 aliphatic carbocycles. The number of imidazole rings is 1. The molecule has 0 amide bonds. The molecular formula is C14H21BrN4S. The van der Waals surface area contributed by atoms with E-state index in [1.807, 2.05) is 19.4 Å². The zero-order valence-electron chi connectivity index (χ0n) is 12.1. The van der Waals surface area contributed by atoms with Crippen molar-refractivity contribution >= 4 is 27.3 Å². The van der Waals surface area contributed by atoms with Gasteiger partial charge in [0.25, 0.3) is 0 Å². The molecule has 2 heterocycles. The Bertz CT molecular complexity index is 551. The number of hydrogen-bond acceptors (Lipinski definition) is 4. The van der Waals surface area contributed by atoms with E-state index in [0.717, 1.165) is 22.6 Å². The van der Waals surface area contributed by atoms with Crippen molar-refractivity contribution in [1.29, 1.82) is 0 Å². The van der Waals surface area contributed by atoms with E-state index in [1.54, 1.807) is 11.3 Å². The van der Waals surface area contributed by atoms with Crippen molar-refractivity contribution in [2.75, 3.05) is 7.05 Å². The Labute approximate surface area is 132 Å². The lowest BCUT2D eigenvalue weighted by molar-refractivity contribution is 0.199. The van der Waals surface area contributed by atoms with Gasteiger partial charge in [0.05, 0.1) is 16.4 Å². The zero-order valence-corrected chi connectivity index (χ0v) is 14.5. The summed E-state index contributed by atoms with van der Waals surface area (Å²) in [6.45, 7) is 2.92. The summed E-state index contributed by atoms with van der Waals surface area (Å²) in [4.78, 5) is 7.98. The average molecular weight is 357 g/mol. The molecule has 2 atom stereocenters. The minimum absolute atomic E-state index is 0.116. The molecule has 0 aromatic carbocycles. The standard InChI is InChI=1S/C14H21BrN4S/c1-4-10(16)14(11-5-6-12(15)20-11)19(3)9-13-17-7-8-18(13)2/h5-8,10,14H,4,9,16H2,1-3H3. The van der Waals surface area contributed by atoms with Gasteiger partial charge < -0.3 is 10.3 Å². The van der Waals surface area contributed by atoms with Gasteiger partial charge in [-0.05, 0) is 41.5 Å². The van der Waals surface area contributed by atoms with E-state index in [1.165, 1.54) is 4.88 Å². The second kappa shape index (κ2) is 6.85. The van der Waals surface area contributed by atoms with Gasteiger partial charge in [0, 0.05) is 30.4 Å². The molecule has 0 saturated heterocycles. The van der Waals surface area contributed by atoms with Gasteiger partial charge in [0.2, 0.25) is 0 Å². The third-order valence-corrected chi connectivity index (χ3v) is 5.24. The summed E-state index contributed by atoms with van der Waals surface area (Å²) < 4.78 is 3.20. The number of nitrogens with zero attached hydrogens (tertiary/aromatic N) is 3. The summed E-state index contributed by atoms with van der Waals surface area (Å²) in [6, 6.07) is 4.58. The van der Waals surface area contributed by atoms with Crippen LogP contribution in [0.25, 0.3) is 0 Å². The van der Waals surface area contributed by atoms with Gasteiger partial charge in [-0.3, -0.25) is 4.90 Å². The number of rotatable bonds is 6. The largest absolute Gasteiger partial charge is 0.337 e. The first-order chi connectivity index (χ1) is 9.52. The van der Waals surface area contributed by atoms with Crippen molar-refractivity contribution in [3.05, 3.63) is 39.0 Å². The molecule has 0 aliphatic rings. The van der Waals surface area contributed by atoms with Gasteiger partial charge >= 0.3 is 0 Å². The van der Waals surface area contributed by atoms with Crippen LogP contribution in [0.15, 0.2) is 28.3 Å². The van der Waals surface area contributed by atoms with Crippen LogP contribution in [0, 0.1) is 0 Å². The molecular weight excluding hydrogens is 336 g/mol. The van der Waals surface area contributed by atoms with Gasteiger partial charge in [-0.25, -0.2) is 4.98 Å². The zero-order chi connectivity index (χ0) is 14.7. The third-order valence-electron chi connectivity index (χ3n) is 3.55. The van der Waals surface area contributed by atoms with Crippen LogP contribution in [-0.4, -0.2) is 27.5 Å². The fraction of sp³-hybridized carbons (Fsp3) is 0.500. The number of aromatic nitrogens is 2. The lowest BCUT2D eigenvalue weighted by atomic mass is 10.0. The molecule has 4 nitrogen and oxygen atoms in total. The maximum Gasteiger partial charge on any atom is 0.122 e.